The van der Waals surface area contributed by atoms with Crippen molar-refractivity contribution in [1.29, 1.82) is 0 Å². The normalized spacial score (nSPS) is 10.7. The van der Waals surface area contributed by atoms with E-state index in [0.717, 1.165) is 26.3 Å². The first kappa shape index (κ1) is 17.0. The number of para-hydroxylation sites is 1. The molecule has 1 aromatic rings. The van der Waals surface area contributed by atoms with Crippen LogP contribution in [-0.4, -0.2) is 26.3 Å². The molecule has 0 fully saturated rings. The van der Waals surface area contributed by atoms with E-state index in [2.05, 4.69) is 49.1 Å². The molecule has 0 N–H and O–H groups in total. The highest BCUT2D eigenvalue weighted by Crippen LogP contribution is 2.12. The molecule has 0 aliphatic carbocycles. The van der Waals surface area contributed by atoms with E-state index < -0.39 is 0 Å². The molecular weight excluding hydrogens is 246 g/mol. The molecule has 0 atom stereocenters. The van der Waals surface area contributed by atoms with E-state index >= 15 is 0 Å². The molecule has 0 aromatic heterocycles. The molecule has 1 aromatic carbocycles. The third kappa shape index (κ3) is 7.54. The van der Waals surface area contributed by atoms with Gasteiger partial charge in [-0.3, -0.25) is 0 Å². The van der Waals surface area contributed by atoms with Crippen molar-refractivity contribution >= 4 is 5.69 Å². The average molecular weight is 277 g/mol. The van der Waals surface area contributed by atoms with Gasteiger partial charge >= 0.3 is 0 Å². The van der Waals surface area contributed by atoms with Crippen LogP contribution in [0.1, 0.15) is 52.4 Å². The third-order valence-electron chi connectivity index (χ3n) is 3.65. The lowest BCUT2D eigenvalue weighted by atomic mass is 10.1. The second kappa shape index (κ2) is 11.8. The molecule has 114 valence electrons. The first-order valence-corrected chi connectivity index (χ1v) is 8.26. The maximum absolute atomic E-state index is 5.75. The van der Waals surface area contributed by atoms with Gasteiger partial charge in [-0.1, -0.05) is 57.2 Å². The summed E-state index contributed by atoms with van der Waals surface area (Å²) in [5.74, 6) is 0. The summed E-state index contributed by atoms with van der Waals surface area (Å²) in [6.45, 7) is 8.22. The summed E-state index contributed by atoms with van der Waals surface area (Å²) in [4.78, 5) is 2.36. The maximum Gasteiger partial charge on any atom is 0.0641 e. The van der Waals surface area contributed by atoms with E-state index in [1.165, 1.54) is 44.2 Å². The number of rotatable bonds is 12. The van der Waals surface area contributed by atoms with Gasteiger partial charge in [0, 0.05) is 25.4 Å². The molecule has 2 heteroatoms. The van der Waals surface area contributed by atoms with E-state index in [9.17, 15) is 0 Å². The molecule has 0 amide bonds. The van der Waals surface area contributed by atoms with Crippen molar-refractivity contribution in [3.8, 4) is 0 Å². The van der Waals surface area contributed by atoms with Crippen LogP contribution in [0.15, 0.2) is 30.3 Å². The zero-order valence-corrected chi connectivity index (χ0v) is 13.3. The Bertz CT molecular complexity index is 312. The summed E-state index contributed by atoms with van der Waals surface area (Å²) in [5.41, 5.74) is 1.29. The molecule has 0 saturated heterocycles. The standard InChI is InChI=1S/C18H31NO/c1-3-5-6-7-8-12-16-20-17-15-19(4-2)18-13-10-9-11-14-18/h9-11,13-14H,3-8,12,15-17H2,1-2H3. The fraction of sp³-hybridized carbons (Fsp3) is 0.667. The molecule has 0 aliphatic heterocycles. The highest BCUT2D eigenvalue weighted by Gasteiger charge is 2.02. The fourth-order valence-electron chi connectivity index (χ4n) is 2.37. The summed E-state index contributed by atoms with van der Waals surface area (Å²) < 4.78 is 5.75. The number of anilines is 1. The zero-order chi connectivity index (χ0) is 14.5. The molecule has 0 bridgehead atoms. The molecule has 0 unspecified atom stereocenters. The van der Waals surface area contributed by atoms with Crippen LogP contribution in [0.3, 0.4) is 0 Å². The predicted octanol–water partition coefficient (Wildman–Crippen LogP) is 4.89. The van der Waals surface area contributed by atoms with Crippen molar-refractivity contribution in [2.45, 2.75) is 52.4 Å². The van der Waals surface area contributed by atoms with Crippen LogP contribution in [0, 0.1) is 0 Å². The molecule has 0 aliphatic rings. The van der Waals surface area contributed by atoms with Gasteiger partial charge in [-0.25, -0.2) is 0 Å². The quantitative estimate of drug-likeness (QED) is 0.504. The van der Waals surface area contributed by atoms with Gasteiger partial charge in [0.15, 0.2) is 0 Å². The summed E-state index contributed by atoms with van der Waals surface area (Å²) >= 11 is 0. The lowest BCUT2D eigenvalue weighted by molar-refractivity contribution is 0.135. The second-order valence-electron chi connectivity index (χ2n) is 5.30. The Morgan fingerprint density at radius 1 is 0.850 bits per heavy atom. The van der Waals surface area contributed by atoms with Crippen molar-refractivity contribution in [2.75, 3.05) is 31.2 Å². The number of hydrogen-bond acceptors (Lipinski definition) is 2. The van der Waals surface area contributed by atoms with Gasteiger partial charge in [-0.2, -0.15) is 0 Å². The Kier molecular flexibility index (Phi) is 10.0. The SMILES string of the molecule is CCCCCCCCOCCN(CC)c1ccccc1. The number of benzene rings is 1. The maximum atomic E-state index is 5.75. The van der Waals surface area contributed by atoms with Crippen LogP contribution in [0.25, 0.3) is 0 Å². The monoisotopic (exact) mass is 277 g/mol. The second-order valence-corrected chi connectivity index (χ2v) is 5.30. The minimum absolute atomic E-state index is 0.831. The fourth-order valence-corrected chi connectivity index (χ4v) is 2.37. The lowest BCUT2D eigenvalue weighted by Crippen LogP contribution is -2.27. The van der Waals surface area contributed by atoms with Crippen molar-refractivity contribution in [2.24, 2.45) is 0 Å². The molecule has 0 heterocycles. The highest BCUT2D eigenvalue weighted by atomic mass is 16.5. The van der Waals surface area contributed by atoms with Crippen LogP contribution < -0.4 is 4.90 Å². The molecule has 20 heavy (non-hydrogen) atoms. The van der Waals surface area contributed by atoms with Gasteiger partial charge in [-0.15, -0.1) is 0 Å². The molecule has 2 nitrogen and oxygen atoms in total. The number of hydrogen-bond donors (Lipinski definition) is 0. The van der Waals surface area contributed by atoms with E-state index in [4.69, 9.17) is 4.74 Å². The minimum atomic E-state index is 0.831. The summed E-state index contributed by atoms with van der Waals surface area (Å²) in [5, 5.41) is 0. The lowest BCUT2D eigenvalue weighted by Gasteiger charge is -2.22. The first-order valence-electron chi connectivity index (χ1n) is 8.26. The Hall–Kier alpha value is -1.02. The minimum Gasteiger partial charge on any atom is -0.380 e. The summed E-state index contributed by atoms with van der Waals surface area (Å²) in [6.07, 6.45) is 7.97. The number of unbranched alkanes of at least 4 members (excludes halogenated alkanes) is 5. The van der Waals surface area contributed by atoms with Gasteiger partial charge in [0.05, 0.1) is 6.61 Å². The molecule has 1 rings (SSSR count). The van der Waals surface area contributed by atoms with E-state index in [-0.39, 0.29) is 0 Å². The Morgan fingerprint density at radius 3 is 2.25 bits per heavy atom. The van der Waals surface area contributed by atoms with Gasteiger partial charge in [0.25, 0.3) is 0 Å². The van der Waals surface area contributed by atoms with Gasteiger partial charge in [-0.05, 0) is 25.5 Å². The zero-order valence-electron chi connectivity index (χ0n) is 13.3. The number of nitrogens with zero attached hydrogens (tertiary/aromatic N) is 1. The Balaban J connectivity index is 2.02. The Labute approximate surface area is 125 Å². The number of ether oxygens (including phenoxy) is 1. The topological polar surface area (TPSA) is 12.5 Å². The van der Waals surface area contributed by atoms with Gasteiger partial charge in [0.1, 0.15) is 0 Å². The predicted molar refractivity (Wildman–Crippen MR) is 88.5 cm³/mol. The molecular formula is C18H31NO. The van der Waals surface area contributed by atoms with E-state index in [1.54, 1.807) is 0 Å². The van der Waals surface area contributed by atoms with Crippen molar-refractivity contribution in [3.63, 3.8) is 0 Å². The van der Waals surface area contributed by atoms with Crippen LogP contribution in [0.5, 0.6) is 0 Å². The summed E-state index contributed by atoms with van der Waals surface area (Å²) in [7, 11) is 0. The third-order valence-corrected chi connectivity index (χ3v) is 3.65. The van der Waals surface area contributed by atoms with E-state index in [1.807, 2.05) is 0 Å². The van der Waals surface area contributed by atoms with Crippen molar-refractivity contribution < 1.29 is 4.74 Å². The summed E-state index contributed by atoms with van der Waals surface area (Å²) in [6, 6.07) is 10.6. The van der Waals surface area contributed by atoms with Crippen LogP contribution >= 0.6 is 0 Å². The van der Waals surface area contributed by atoms with Crippen LogP contribution in [0.2, 0.25) is 0 Å². The average Bonchev–Trinajstić information content (AvgIpc) is 2.50. The van der Waals surface area contributed by atoms with Crippen LogP contribution in [-0.2, 0) is 4.74 Å². The highest BCUT2D eigenvalue weighted by molar-refractivity contribution is 5.45. The largest absolute Gasteiger partial charge is 0.380 e. The van der Waals surface area contributed by atoms with Crippen LogP contribution in [0.4, 0.5) is 5.69 Å². The van der Waals surface area contributed by atoms with Crippen molar-refractivity contribution in [1.82, 2.24) is 0 Å². The van der Waals surface area contributed by atoms with Gasteiger partial charge < -0.3 is 9.64 Å². The molecule has 0 saturated carbocycles. The van der Waals surface area contributed by atoms with Gasteiger partial charge in [0.2, 0.25) is 0 Å². The molecule has 0 radical (unpaired) electrons. The number of likely N-dealkylation sites (N-methyl/N-ethyl adjacent to an activating group) is 1. The Morgan fingerprint density at radius 2 is 1.55 bits per heavy atom. The first-order chi connectivity index (χ1) is 9.88. The van der Waals surface area contributed by atoms with Crippen molar-refractivity contribution in [3.05, 3.63) is 30.3 Å². The molecule has 0 spiro atoms. The smallest absolute Gasteiger partial charge is 0.0641 e. The van der Waals surface area contributed by atoms with E-state index in [0.29, 0.717) is 0 Å².